The Bertz CT molecular complexity index is 369. The van der Waals surface area contributed by atoms with Crippen molar-refractivity contribution in [1.82, 2.24) is 9.97 Å². The minimum atomic E-state index is 0.639. The van der Waals surface area contributed by atoms with Crippen molar-refractivity contribution in [3.05, 3.63) is 46.8 Å². The monoisotopic (exact) mass is 238 g/mol. The van der Waals surface area contributed by atoms with Crippen LogP contribution in [0.5, 0.6) is 0 Å². The molecule has 0 fully saturated rings. The van der Waals surface area contributed by atoms with Gasteiger partial charge in [-0.15, -0.1) is 0 Å². The highest BCUT2D eigenvalue weighted by molar-refractivity contribution is 9.10. The molecule has 2 heterocycles. The van der Waals surface area contributed by atoms with Crippen molar-refractivity contribution in [2.24, 2.45) is 0 Å². The summed E-state index contributed by atoms with van der Waals surface area (Å²) in [6, 6.07) is 3.89. The van der Waals surface area contributed by atoms with E-state index in [0.717, 1.165) is 10.2 Å². The number of rotatable bonds is 2. The molecule has 4 heteroatoms. The van der Waals surface area contributed by atoms with Crippen molar-refractivity contribution in [3.63, 3.8) is 0 Å². The largest absolute Gasteiger partial charge is 0.449 e. The summed E-state index contributed by atoms with van der Waals surface area (Å²) < 4.78 is 6.08. The Morgan fingerprint density at radius 3 is 2.85 bits per heavy atom. The second-order valence-electron chi connectivity index (χ2n) is 2.57. The van der Waals surface area contributed by atoms with Crippen LogP contribution in [0.1, 0.15) is 11.6 Å². The molecule has 13 heavy (non-hydrogen) atoms. The van der Waals surface area contributed by atoms with E-state index < -0.39 is 0 Å². The molecule has 0 unspecified atom stereocenters. The zero-order valence-corrected chi connectivity index (χ0v) is 8.36. The lowest BCUT2D eigenvalue weighted by Crippen LogP contribution is -1.90. The molecule has 0 N–H and O–H groups in total. The molecule has 0 atom stereocenters. The quantitative estimate of drug-likeness (QED) is 0.807. The lowest BCUT2D eigenvalue weighted by molar-refractivity contribution is 0.505. The SMILES string of the molecule is Brc1ccc(Cc2ncco2)nc1. The van der Waals surface area contributed by atoms with Gasteiger partial charge in [0.05, 0.1) is 12.6 Å². The number of halogens is 1. The first-order chi connectivity index (χ1) is 6.34. The minimum Gasteiger partial charge on any atom is -0.449 e. The predicted octanol–water partition coefficient (Wildman–Crippen LogP) is 2.42. The molecule has 66 valence electrons. The fraction of sp³-hybridized carbons (Fsp3) is 0.111. The maximum Gasteiger partial charge on any atom is 0.199 e. The van der Waals surface area contributed by atoms with Crippen LogP contribution in [0.15, 0.2) is 39.7 Å². The van der Waals surface area contributed by atoms with Gasteiger partial charge in [-0.25, -0.2) is 4.98 Å². The third kappa shape index (κ3) is 2.15. The first-order valence-corrected chi connectivity index (χ1v) is 4.63. The second-order valence-corrected chi connectivity index (χ2v) is 3.49. The fourth-order valence-electron chi connectivity index (χ4n) is 1.01. The molecule has 0 spiro atoms. The molecular weight excluding hydrogens is 232 g/mol. The number of oxazole rings is 1. The van der Waals surface area contributed by atoms with Crippen molar-refractivity contribution in [2.45, 2.75) is 6.42 Å². The summed E-state index contributed by atoms with van der Waals surface area (Å²) in [5.74, 6) is 0.690. The summed E-state index contributed by atoms with van der Waals surface area (Å²) in [6.45, 7) is 0. The van der Waals surface area contributed by atoms with Gasteiger partial charge in [0.2, 0.25) is 0 Å². The third-order valence-corrected chi connectivity index (χ3v) is 2.07. The highest BCUT2D eigenvalue weighted by Crippen LogP contribution is 2.09. The van der Waals surface area contributed by atoms with Crippen LogP contribution in [0.2, 0.25) is 0 Å². The van der Waals surface area contributed by atoms with Crippen LogP contribution in [0.4, 0.5) is 0 Å². The number of hydrogen-bond acceptors (Lipinski definition) is 3. The van der Waals surface area contributed by atoms with Gasteiger partial charge in [-0.2, -0.15) is 0 Å². The molecule has 0 aromatic carbocycles. The van der Waals surface area contributed by atoms with Gasteiger partial charge in [0.15, 0.2) is 5.89 Å². The van der Waals surface area contributed by atoms with E-state index in [2.05, 4.69) is 25.9 Å². The Balaban J connectivity index is 2.15. The third-order valence-electron chi connectivity index (χ3n) is 1.60. The van der Waals surface area contributed by atoms with Gasteiger partial charge in [-0.05, 0) is 28.1 Å². The Hall–Kier alpha value is -1.16. The van der Waals surface area contributed by atoms with Gasteiger partial charge in [0.1, 0.15) is 6.26 Å². The van der Waals surface area contributed by atoms with Crippen molar-refractivity contribution < 1.29 is 4.42 Å². The van der Waals surface area contributed by atoms with E-state index in [0.29, 0.717) is 12.3 Å². The standard InChI is InChI=1S/C9H7BrN2O/c10-7-1-2-8(12-6-7)5-9-11-3-4-13-9/h1-4,6H,5H2. The lowest BCUT2D eigenvalue weighted by atomic mass is 10.3. The van der Waals surface area contributed by atoms with E-state index in [9.17, 15) is 0 Å². The molecule has 0 aliphatic rings. The van der Waals surface area contributed by atoms with Crippen LogP contribution in [0.25, 0.3) is 0 Å². The van der Waals surface area contributed by atoms with Crippen molar-refractivity contribution in [1.29, 1.82) is 0 Å². The first kappa shape index (κ1) is 8.44. The van der Waals surface area contributed by atoms with E-state index in [1.807, 2.05) is 12.1 Å². The zero-order valence-electron chi connectivity index (χ0n) is 6.77. The van der Waals surface area contributed by atoms with Gasteiger partial charge in [0, 0.05) is 16.4 Å². The van der Waals surface area contributed by atoms with Crippen molar-refractivity contribution >= 4 is 15.9 Å². The summed E-state index contributed by atoms with van der Waals surface area (Å²) in [5.41, 5.74) is 0.950. The topological polar surface area (TPSA) is 38.9 Å². The molecule has 2 aromatic rings. The Kier molecular flexibility index (Phi) is 2.40. The molecule has 2 rings (SSSR count). The van der Waals surface area contributed by atoms with Crippen LogP contribution in [-0.4, -0.2) is 9.97 Å². The van der Waals surface area contributed by atoms with E-state index in [-0.39, 0.29) is 0 Å². The van der Waals surface area contributed by atoms with Crippen LogP contribution in [0, 0.1) is 0 Å². The average Bonchev–Trinajstić information content (AvgIpc) is 2.62. The maximum absolute atomic E-state index is 5.10. The first-order valence-electron chi connectivity index (χ1n) is 3.83. The molecule has 2 aromatic heterocycles. The van der Waals surface area contributed by atoms with Crippen molar-refractivity contribution in [3.8, 4) is 0 Å². The van der Waals surface area contributed by atoms with Crippen LogP contribution >= 0.6 is 15.9 Å². The summed E-state index contributed by atoms with van der Waals surface area (Å²) in [6.07, 6.45) is 5.60. The number of aromatic nitrogens is 2. The molecule has 0 aliphatic heterocycles. The number of pyridine rings is 1. The number of hydrogen-bond donors (Lipinski definition) is 0. The summed E-state index contributed by atoms with van der Waals surface area (Å²) in [5, 5.41) is 0. The minimum absolute atomic E-state index is 0.639. The van der Waals surface area contributed by atoms with Crippen LogP contribution in [-0.2, 0) is 6.42 Å². The van der Waals surface area contributed by atoms with E-state index in [4.69, 9.17) is 4.42 Å². The summed E-state index contributed by atoms with van der Waals surface area (Å²) in [4.78, 5) is 8.22. The van der Waals surface area contributed by atoms with Crippen LogP contribution in [0.3, 0.4) is 0 Å². The highest BCUT2D eigenvalue weighted by atomic mass is 79.9. The van der Waals surface area contributed by atoms with Gasteiger partial charge < -0.3 is 4.42 Å². The predicted molar refractivity (Wildman–Crippen MR) is 51.2 cm³/mol. The highest BCUT2D eigenvalue weighted by Gasteiger charge is 2.00. The average molecular weight is 239 g/mol. The Labute approximate surface area is 84.0 Å². The second kappa shape index (κ2) is 3.70. The lowest BCUT2D eigenvalue weighted by Gasteiger charge is -1.95. The van der Waals surface area contributed by atoms with Gasteiger partial charge >= 0.3 is 0 Å². The molecule has 0 saturated carbocycles. The van der Waals surface area contributed by atoms with Crippen molar-refractivity contribution in [2.75, 3.05) is 0 Å². The number of nitrogens with zero attached hydrogens (tertiary/aromatic N) is 2. The van der Waals surface area contributed by atoms with Crippen LogP contribution < -0.4 is 0 Å². The van der Waals surface area contributed by atoms with Gasteiger partial charge in [0.25, 0.3) is 0 Å². The molecule has 0 radical (unpaired) electrons. The fourth-order valence-corrected chi connectivity index (χ4v) is 1.24. The van der Waals surface area contributed by atoms with E-state index >= 15 is 0 Å². The summed E-state index contributed by atoms with van der Waals surface area (Å²) >= 11 is 3.32. The Morgan fingerprint density at radius 2 is 2.23 bits per heavy atom. The maximum atomic E-state index is 5.10. The summed E-state index contributed by atoms with van der Waals surface area (Å²) in [7, 11) is 0. The molecule has 0 amide bonds. The molecule has 0 saturated heterocycles. The molecular formula is C9H7BrN2O. The molecule has 0 bridgehead atoms. The van der Waals surface area contributed by atoms with E-state index in [1.165, 1.54) is 0 Å². The van der Waals surface area contributed by atoms with Gasteiger partial charge in [-0.3, -0.25) is 4.98 Å². The van der Waals surface area contributed by atoms with E-state index in [1.54, 1.807) is 18.7 Å². The molecule has 3 nitrogen and oxygen atoms in total. The normalized spacial score (nSPS) is 10.2. The smallest absolute Gasteiger partial charge is 0.199 e. The Morgan fingerprint density at radius 1 is 1.31 bits per heavy atom. The zero-order chi connectivity index (χ0) is 9.10. The molecule has 0 aliphatic carbocycles. The van der Waals surface area contributed by atoms with Gasteiger partial charge in [-0.1, -0.05) is 0 Å².